The molecule has 3 aromatic rings. The summed E-state index contributed by atoms with van der Waals surface area (Å²) in [5.74, 6) is 2.59. The quantitative estimate of drug-likeness (QED) is 0.255. The fourth-order valence-electron chi connectivity index (χ4n) is 9.85. The molecule has 0 radical (unpaired) electrons. The summed E-state index contributed by atoms with van der Waals surface area (Å²) in [7, 11) is 0. The first-order chi connectivity index (χ1) is 27.4. The van der Waals surface area contributed by atoms with Gasteiger partial charge < -0.3 is 23.9 Å². The zero-order valence-corrected chi connectivity index (χ0v) is 35.7. The second kappa shape index (κ2) is 12.7. The Kier molecular flexibility index (Phi) is 8.29. The molecule has 10 rings (SSSR count). The predicted octanol–water partition coefficient (Wildman–Crippen LogP) is 10.7. The number of hydrogen-bond acceptors (Lipinski definition) is 8. The van der Waals surface area contributed by atoms with Gasteiger partial charge in [0.05, 0.1) is 17.8 Å². The SMILES string of the molecule is CC(C)c1[nH]c([C@@H]2CC3(CC3)CN2C(=O)OC(C)(C)C)nc1-c1cc2c3c(c1)OCc1cc(C4=C(Cl)N=C([C@@H]5CC6(CC6)CN5C(=O)OC(C)(C)C)C4)cc(c1-3)OC2. The number of ether oxygens (including phenoxy) is 4. The van der Waals surface area contributed by atoms with Crippen molar-refractivity contribution in [2.24, 2.45) is 15.8 Å². The van der Waals surface area contributed by atoms with E-state index in [4.69, 9.17) is 40.5 Å². The van der Waals surface area contributed by atoms with Gasteiger partial charge in [0, 0.05) is 64.3 Å². The Morgan fingerprint density at radius 1 is 0.810 bits per heavy atom. The number of halogens is 1. The van der Waals surface area contributed by atoms with E-state index in [1.165, 1.54) is 0 Å². The molecule has 2 atom stereocenters. The van der Waals surface area contributed by atoms with Gasteiger partial charge in [0.2, 0.25) is 0 Å². The van der Waals surface area contributed by atoms with Gasteiger partial charge in [0.25, 0.3) is 0 Å². The summed E-state index contributed by atoms with van der Waals surface area (Å²) in [5.41, 5.74) is 9.03. The molecule has 1 aromatic heterocycles. The largest absolute Gasteiger partial charge is 0.488 e. The lowest BCUT2D eigenvalue weighted by molar-refractivity contribution is 0.0210. The van der Waals surface area contributed by atoms with E-state index in [-0.39, 0.29) is 41.0 Å². The predicted molar refractivity (Wildman–Crippen MR) is 222 cm³/mol. The molecule has 2 aliphatic carbocycles. The summed E-state index contributed by atoms with van der Waals surface area (Å²) in [5, 5.41) is 0.458. The van der Waals surface area contributed by atoms with Gasteiger partial charge in [0.1, 0.15) is 46.9 Å². The lowest BCUT2D eigenvalue weighted by Gasteiger charge is -2.31. The van der Waals surface area contributed by atoms with Crippen molar-refractivity contribution < 1.29 is 28.5 Å². The summed E-state index contributed by atoms with van der Waals surface area (Å²) in [4.78, 5) is 44.5. The lowest BCUT2D eigenvalue weighted by Crippen LogP contribution is -2.43. The van der Waals surface area contributed by atoms with Crippen molar-refractivity contribution in [3.63, 3.8) is 0 Å². The summed E-state index contributed by atoms with van der Waals surface area (Å²) in [6, 6.07) is 8.23. The van der Waals surface area contributed by atoms with Crippen LogP contribution in [0.15, 0.2) is 34.4 Å². The third-order valence-corrected chi connectivity index (χ3v) is 13.4. The highest BCUT2D eigenvalue weighted by atomic mass is 35.5. The van der Waals surface area contributed by atoms with E-state index in [1.807, 2.05) is 51.3 Å². The number of imidazole rings is 1. The van der Waals surface area contributed by atoms with Gasteiger partial charge >= 0.3 is 12.2 Å². The van der Waals surface area contributed by atoms with E-state index in [1.54, 1.807) is 0 Å². The van der Waals surface area contributed by atoms with Crippen LogP contribution in [0.3, 0.4) is 0 Å². The molecule has 5 aliphatic heterocycles. The molecule has 306 valence electrons. The maximum atomic E-state index is 13.5. The van der Waals surface area contributed by atoms with Crippen molar-refractivity contribution in [3.05, 3.63) is 57.6 Å². The second-order valence-electron chi connectivity index (χ2n) is 20.3. The molecule has 0 unspecified atom stereocenters. The van der Waals surface area contributed by atoms with Crippen molar-refractivity contribution in [1.82, 2.24) is 19.8 Å². The third kappa shape index (κ3) is 6.56. The highest BCUT2D eigenvalue weighted by Gasteiger charge is 2.56. The average Bonchev–Trinajstić information content (AvgIpc) is 3.79. The molecule has 2 saturated carbocycles. The minimum Gasteiger partial charge on any atom is -0.488 e. The Morgan fingerprint density at radius 3 is 1.86 bits per heavy atom. The smallest absolute Gasteiger partial charge is 0.410 e. The number of carbonyl (C=O) groups is 2. The monoisotopic (exact) mass is 807 g/mol. The molecule has 2 aromatic carbocycles. The highest BCUT2D eigenvalue weighted by molar-refractivity contribution is 6.35. The molecule has 6 heterocycles. The normalized spacial score (nSPS) is 23.3. The molecule has 0 bridgehead atoms. The van der Waals surface area contributed by atoms with E-state index >= 15 is 0 Å². The van der Waals surface area contributed by atoms with Gasteiger partial charge in [-0.15, -0.1) is 0 Å². The number of nitrogens with zero attached hydrogens (tertiary/aromatic N) is 4. The van der Waals surface area contributed by atoms with Crippen LogP contribution in [-0.2, 0) is 22.7 Å². The minimum atomic E-state index is -0.578. The fraction of sp³-hybridized carbons (Fsp3) is 0.565. The van der Waals surface area contributed by atoms with Crippen LogP contribution in [0, 0.1) is 10.8 Å². The van der Waals surface area contributed by atoms with E-state index in [2.05, 4.69) is 43.1 Å². The number of aliphatic imine (C=N–C) groups is 1. The average molecular weight is 808 g/mol. The van der Waals surface area contributed by atoms with Gasteiger partial charge in [-0.2, -0.15) is 0 Å². The Bertz CT molecular complexity index is 2290. The summed E-state index contributed by atoms with van der Waals surface area (Å²) in [6.07, 6.45) is 6.26. The zero-order valence-electron chi connectivity index (χ0n) is 34.9. The van der Waals surface area contributed by atoms with Crippen LogP contribution in [0.5, 0.6) is 11.5 Å². The number of H-pyrrole nitrogens is 1. The topological polar surface area (TPSA) is 119 Å². The highest BCUT2D eigenvalue weighted by Crippen LogP contribution is 2.59. The minimum absolute atomic E-state index is 0.137. The Morgan fingerprint density at radius 2 is 1.33 bits per heavy atom. The maximum Gasteiger partial charge on any atom is 0.410 e. The number of nitrogens with one attached hydrogen (secondary N) is 1. The third-order valence-electron chi connectivity index (χ3n) is 13.1. The molecule has 2 saturated heterocycles. The number of hydrogen-bond donors (Lipinski definition) is 1. The summed E-state index contributed by atoms with van der Waals surface area (Å²) in [6.45, 7) is 17.9. The van der Waals surface area contributed by atoms with Crippen LogP contribution in [-0.4, -0.2) is 68.0 Å². The van der Waals surface area contributed by atoms with Gasteiger partial charge in [-0.3, -0.25) is 9.80 Å². The van der Waals surface area contributed by atoms with Crippen molar-refractivity contribution in [2.45, 2.75) is 143 Å². The van der Waals surface area contributed by atoms with Crippen molar-refractivity contribution in [2.75, 3.05) is 13.1 Å². The van der Waals surface area contributed by atoms with Crippen LogP contribution < -0.4 is 9.47 Å². The fourth-order valence-corrected chi connectivity index (χ4v) is 10.1. The molecule has 1 N–H and O–H groups in total. The summed E-state index contributed by atoms with van der Waals surface area (Å²) < 4.78 is 24.8. The van der Waals surface area contributed by atoms with E-state index in [0.29, 0.717) is 37.9 Å². The molecular weight excluding hydrogens is 754 g/mol. The zero-order chi connectivity index (χ0) is 40.7. The Hall–Kier alpha value is -4.51. The number of benzene rings is 2. The van der Waals surface area contributed by atoms with Crippen LogP contribution in [0.4, 0.5) is 9.59 Å². The Balaban J connectivity index is 0.932. The van der Waals surface area contributed by atoms with Crippen LogP contribution >= 0.6 is 11.6 Å². The van der Waals surface area contributed by atoms with E-state index in [9.17, 15) is 9.59 Å². The molecule has 7 aliphatic rings. The van der Waals surface area contributed by atoms with E-state index in [0.717, 1.165) is 112 Å². The molecule has 11 nitrogen and oxygen atoms in total. The number of amides is 2. The lowest BCUT2D eigenvalue weighted by atomic mass is 9.86. The van der Waals surface area contributed by atoms with Crippen molar-refractivity contribution >= 4 is 35.1 Å². The number of likely N-dealkylation sites (tertiary alicyclic amines) is 2. The van der Waals surface area contributed by atoms with Crippen LogP contribution in [0.1, 0.15) is 141 Å². The van der Waals surface area contributed by atoms with Crippen molar-refractivity contribution in [3.8, 4) is 33.9 Å². The van der Waals surface area contributed by atoms with E-state index < -0.39 is 11.2 Å². The first kappa shape index (κ1) is 37.7. The number of aromatic amines is 1. The van der Waals surface area contributed by atoms with Crippen LogP contribution in [0.2, 0.25) is 0 Å². The second-order valence-corrected chi connectivity index (χ2v) is 20.7. The first-order valence-electron chi connectivity index (χ1n) is 21.0. The molecule has 12 heteroatoms. The van der Waals surface area contributed by atoms with Gasteiger partial charge in [-0.25, -0.2) is 19.6 Å². The van der Waals surface area contributed by atoms with Crippen LogP contribution in [0.25, 0.3) is 28.0 Å². The van der Waals surface area contributed by atoms with Gasteiger partial charge in [-0.1, -0.05) is 25.4 Å². The Labute approximate surface area is 345 Å². The molecule has 2 spiro atoms. The molecular formula is C46H54ClN5O6. The van der Waals surface area contributed by atoms with Gasteiger partial charge in [0.15, 0.2) is 0 Å². The maximum absolute atomic E-state index is 13.5. The molecule has 2 amide bonds. The molecule has 4 fully saturated rings. The molecule has 58 heavy (non-hydrogen) atoms. The van der Waals surface area contributed by atoms with Gasteiger partial charge in [-0.05, 0) is 127 Å². The standard InChI is InChI=1S/C46H54ClN5O6/c1-24(2)37-38(50-40(49-37)32-19-46(11-12-46)23-52(32)42(54)58-44(6,7)8)26-14-28-21-55-33-15-25(13-27-20-56-34(16-26)36(28)35(27)33)29-17-30(48-39(29)47)31-18-45(9-10-45)22-51(31)41(53)57-43(3,4)5/h13-16,24,31-32H,9-12,17-23H2,1-8H3,(H,49,50)/t31-,32-/m0/s1. The first-order valence-corrected chi connectivity index (χ1v) is 21.4. The number of allylic oxidation sites excluding steroid dienone is 1. The number of aromatic nitrogens is 2. The number of rotatable bonds is 5. The summed E-state index contributed by atoms with van der Waals surface area (Å²) >= 11 is 6.95. The van der Waals surface area contributed by atoms with Crippen molar-refractivity contribution in [1.29, 1.82) is 0 Å². The number of carbonyl (C=O) groups excluding carboxylic acids is 2.